The van der Waals surface area contributed by atoms with Crippen LogP contribution in [-0.2, 0) is 24.2 Å². The van der Waals surface area contributed by atoms with Crippen molar-refractivity contribution in [3.63, 3.8) is 0 Å². The highest BCUT2D eigenvalue weighted by atomic mass is 127. The number of ether oxygens (including phenoxy) is 2. The van der Waals surface area contributed by atoms with Crippen molar-refractivity contribution >= 4 is 45.5 Å². The third kappa shape index (κ3) is 6.64. The van der Waals surface area contributed by atoms with Crippen molar-refractivity contribution in [3.05, 3.63) is 111 Å². The summed E-state index contributed by atoms with van der Waals surface area (Å²) in [5.41, 5.74) is 4.75. The molecule has 0 radical (unpaired) electrons. The molecule has 0 saturated carbocycles. The number of hydrogen-bond donors (Lipinski definition) is 2. The zero-order chi connectivity index (χ0) is 26.9. The van der Waals surface area contributed by atoms with Crippen LogP contribution in [-0.4, -0.2) is 24.5 Å². The van der Waals surface area contributed by atoms with Crippen molar-refractivity contribution in [2.45, 2.75) is 19.4 Å². The van der Waals surface area contributed by atoms with Crippen LogP contribution in [0.3, 0.4) is 0 Å². The number of hydrogen-bond acceptors (Lipinski definition) is 4. The first-order valence-corrected chi connectivity index (χ1v) is 13.2. The van der Waals surface area contributed by atoms with Gasteiger partial charge < -0.3 is 19.8 Å². The van der Waals surface area contributed by atoms with Crippen LogP contribution in [0.1, 0.15) is 22.3 Å². The maximum Gasteiger partial charge on any atom is 0.261 e. The van der Waals surface area contributed by atoms with Gasteiger partial charge in [-0.25, -0.2) is 0 Å². The van der Waals surface area contributed by atoms with Crippen molar-refractivity contribution < 1.29 is 14.3 Å². The van der Waals surface area contributed by atoms with Crippen LogP contribution >= 0.6 is 22.6 Å². The molecule has 0 aliphatic carbocycles. The van der Waals surface area contributed by atoms with Gasteiger partial charge >= 0.3 is 0 Å². The Morgan fingerprint density at radius 1 is 1.16 bits per heavy atom. The normalized spacial score (nSPS) is 11.1. The van der Waals surface area contributed by atoms with Crippen LogP contribution in [0.4, 0.5) is 0 Å². The number of rotatable bonds is 11. The molecule has 0 aliphatic heterocycles. The number of nitrogens with one attached hydrogen (secondary N) is 2. The van der Waals surface area contributed by atoms with Gasteiger partial charge in [-0.3, -0.25) is 4.79 Å². The topological polar surface area (TPSA) is 87.1 Å². The van der Waals surface area contributed by atoms with Crippen LogP contribution < -0.4 is 14.8 Å². The smallest absolute Gasteiger partial charge is 0.261 e. The van der Waals surface area contributed by atoms with Gasteiger partial charge in [0.1, 0.15) is 18.2 Å². The summed E-state index contributed by atoms with van der Waals surface area (Å²) in [4.78, 5) is 16.0. The minimum atomic E-state index is -0.421. The summed E-state index contributed by atoms with van der Waals surface area (Å²) in [6.45, 7) is 4.65. The number of H-pyrrole nitrogens is 1. The average molecular weight is 617 g/mol. The van der Waals surface area contributed by atoms with Gasteiger partial charge in [0, 0.05) is 32.8 Å². The van der Waals surface area contributed by atoms with E-state index in [0.29, 0.717) is 43.1 Å². The molecule has 0 saturated heterocycles. The summed E-state index contributed by atoms with van der Waals surface area (Å²) >= 11 is 2.27. The summed E-state index contributed by atoms with van der Waals surface area (Å²) in [5.74, 6) is 0.721. The van der Waals surface area contributed by atoms with Crippen molar-refractivity contribution in [2.24, 2.45) is 0 Å². The number of aromatic nitrogens is 1. The summed E-state index contributed by atoms with van der Waals surface area (Å²) in [6.07, 6.45) is 6.49. The molecule has 0 bridgehead atoms. The van der Waals surface area contributed by atoms with Crippen LogP contribution in [0, 0.1) is 14.9 Å². The number of nitriles is 1. The van der Waals surface area contributed by atoms with E-state index in [0.717, 1.165) is 31.2 Å². The van der Waals surface area contributed by atoms with E-state index < -0.39 is 5.91 Å². The number of amides is 1. The van der Waals surface area contributed by atoms with Gasteiger partial charge in [-0.15, -0.1) is 6.58 Å². The molecule has 3 aromatic carbocycles. The van der Waals surface area contributed by atoms with Crippen LogP contribution in [0.2, 0.25) is 0 Å². The highest BCUT2D eigenvalue weighted by molar-refractivity contribution is 14.1. The molecular formula is C31H28IN3O3. The number of halogens is 1. The molecule has 192 valence electrons. The van der Waals surface area contributed by atoms with E-state index in [2.05, 4.69) is 39.5 Å². The molecule has 1 amide bonds. The zero-order valence-electron chi connectivity index (χ0n) is 21.1. The largest absolute Gasteiger partial charge is 0.493 e. The lowest BCUT2D eigenvalue weighted by Crippen LogP contribution is -2.26. The van der Waals surface area contributed by atoms with Gasteiger partial charge in [0.2, 0.25) is 0 Å². The zero-order valence-corrected chi connectivity index (χ0v) is 23.2. The Labute approximate surface area is 236 Å². The molecular weight excluding hydrogens is 589 g/mol. The first kappa shape index (κ1) is 27.0. The van der Waals surface area contributed by atoms with Crippen molar-refractivity contribution in [2.75, 3.05) is 13.7 Å². The van der Waals surface area contributed by atoms with E-state index in [1.54, 1.807) is 25.3 Å². The van der Waals surface area contributed by atoms with Gasteiger partial charge in [-0.2, -0.15) is 5.26 Å². The second kappa shape index (κ2) is 13.0. The first-order chi connectivity index (χ1) is 18.5. The molecule has 7 heteroatoms. The SMILES string of the molecule is C=CCc1cc(/C=C(/C#N)C(=O)NCCc2c[nH]c3ccccc23)cc(OC)c1OCc1ccc(I)cc1. The lowest BCUT2D eigenvalue weighted by molar-refractivity contribution is -0.117. The fourth-order valence-corrected chi connectivity index (χ4v) is 4.54. The molecule has 0 fully saturated rings. The second-order valence-corrected chi connectivity index (χ2v) is 9.90. The molecule has 6 nitrogen and oxygen atoms in total. The number of nitrogens with zero attached hydrogens (tertiary/aromatic N) is 1. The molecule has 1 aromatic heterocycles. The average Bonchev–Trinajstić information content (AvgIpc) is 3.35. The summed E-state index contributed by atoms with van der Waals surface area (Å²) < 4.78 is 12.9. The molecule has 0 unspecified atom stereocenters. The van der Waals surface area contributed by atoms with E-state index >= 15 is 0 Å². The van der Waals surface area contributed by atoms with E-state index in [9.17, 15) is 10.1 Å². The van der Waals surface area contributed by atoms with Gasteiger partial charge in [-0.05, 0) is 88.5 Å². The van der Waals surface area contributed by atoms with Gasteiger partial charge in [-0.1, -0.05) is 36.4 Å². The maximum atomic E-state index is 12.8. The molecule has 4 rings (SSSR count). The number of fused-ring (bicyclic) bond motifs is 1. The molecule has 38 heavy (non-hydrogen) atoms. The molecule has 0 spiro atoms. The Balaban J connectivity index is 1.49. The summed E-state index contributed by atoms with van der Waals surface area (Å²) in [6, 6.07) is 21.8. The van der Waals surface area contributed by atoms with E-state index in [-0.39, 0.29) is 5.57 Å². The van der Waals surface area contributed by atoms with Crippen molar-refractivity contribution in [1.29, 1.82) is 5.26 Å². The van der Waals surface area contributed by atoms with Crippen LogP contribution in [0.15, 0.2) is 85.1 Å². The third-order valence-corrected chi connectivity index (χ3v) is 6.78. The summed E-state index contributed by atoms with van der Waals surface area (Å²) in [5, 5.41) is 13.7. The third-order valence-electron chi connectivity index (χ3n) is 6.07. The predicted octanol–water partition coefficient (Wildman–Crippen LogP) is 6.35. The molecule has 0 atom stereocenters. The maximum absolute atomic E-state index is 12.8. The van der Waals surface area contributed by atoms with Crippen LogP contribution in [0.25, 0.3) is 17.0 Å². The Morgan fingerprint density at radius 3 is 2.68 bits per heavy atom. The number of carbonyl (C=O) groups is 1. The monoisotopic (exact) mass is 617 g/mol. The van der Waals surface area contributed by atoms with E-state index in [1.807, 2.05) is 66.9 Å². The molecule has 0 aliphatic rings. The quantitative estimate of drug-likeness (QED) is 0.0889. The number of benzene rings is 3. The minimum Gasteiger partial charge on any atom is -0.493 e. The highest BCUT2D eigenvalue weighted by Crippen LogP contribution is 2.35. The van der Waals surface area contributed by atoms with Crippen LogP contribution in [0.5, 0.6) is 11.5 Å². The first-order valence-electron chi connectivity index (χ1n) is 12.2. The number of carbonyl (C=O) groups excluding carboxylic acids is 1. The number of allylic oxidation sites excluding steroid dienone is 1. The fraction of sp³-hybridized carbons (Fsp3) is 0.161. The van der Waals surface area contributed by atoms with Crippen molar-refractivity contribution in [3.8, 4) is 17.6 Å². The number of methoxy groups -OCH3 is 1. The van der Waals surface area contributed by atoms with Crippen molar-refractivity contribution in [1.82, 2.24) is 10.3 Å². The second-order valence-electron chi connectivity index (χ2n) is 8.65. The van der Waals surface area contributed by atoms with Gasteiger partial charge in [0.25, 0.3) is 5.91 Å². The number of aromatic amines is 1. The molecule has 1 heterocycles. The van der Waals surface area contributed by atoms with Gasteiger partial charge in [0.05, 0.1) is 7.11 Å². The Morgan fingerprint density at radius 2 is 1.95 bits per heavy atom. The van der Waals surface area contributed by atoms with Gasteiger partial charge in [0.15, 0.2) is 11.5 Å². The predicted molar refractivity (Wildman–Crippen MR) is 159 cm³/mol. The lowest BCUT2D eigenvalue weighted by Gasteiger charge is -2.16. The Bertz CT molecular complexity index is 1510. The van der Waals surface area contributed by atoms with E-state index in [4.69, 9.17) is 9.47 Å². The minimum absolute atomic E-state index is 0.0167. The number of para-hydroxylation sites is 1. The van der Waals surface area contributed by atoms with E-state index in [1.165, 1.54) is 0 Å². The lowest BCUT2D eigenvalue weighted by atomic mass is 10.0. The Hall–Kier alpha value is -4.03. The molecule has 2 N–H and O–H groups in total. The highest BCUT2D eigenvalue weighted by Gasteiger charge is 2.15. The Kier molecular flexibility index (Phi) is 9.22. The standard InChI is InChI=1S/C31H28IN3O3/c1-3-6-23-15-22(17-29(37-2)30(23)38-20-21-9-11-26(32)12-10-21)16-25(18-33)31(36)34-14-13-24-19-35-28-8-5-4-7-27(24)28/h3-5,7-12,15-17,19,35H,1,6,13-14,20H2,2H3,(H,34,36)/b25-16-. The fourth-order valence-electron chi connectivity index (χ4n) is 4.19. The summed E-state index contributed by atoms with van der Waals surface area (Å²) in [7, 11) is 1.57. The molecule has 4 aromatic rings.